The molecule has 132 valence electrons. The normalized spacial score (nSPS) is 26.3. The highest BCUT2D eigenvalue weighted by Gasteiger charge is 2.37. The third-order valence-corrected chi connectivity index (χ3v) is 4.37. The molecule has 1 aliphatic heterocycles. The molecule has 0 unspecified atom stereocenters. The van der Waals surface area contributed by atoms with Crippen molar-refractivity contribution in [2.24, 2.45) is 17.6 Å². The van der Waals surface area contributed by atoms with E-state index in [0.717, 1.165) is 19.3 Å². The molecule has 9 heteroatoms. The summed E-state index contributed by atoms with van der Waals surface area (Å²) in [6.45, 7) is 1.01. The van der Waals surface area contributed by atoms with Crippen molar-refractivity contribution in [3.63, 3.8) is 0 Å². The Morgan fingerprint density at radius 2 is 1.68 bits per heavy atom. The van der Waals surface area contributed by atoms with Gasteiger partial charge in [-0.05, 0) is 25.3 Å². The zero-order valence-electron chi connectivity index (χ0n) is 12.3. The maximum absolute atomic E-state index is 12.4. The fourth-order valence-electron chi connectivity index (χ4n) is 3.26. The molecule has 0 aromatic heterocycles. The molecule has 1 saturated heterocycles. The number of nitrogens with two attached hydrogens (primary N) is 1. The van der Waals surface area contributed by atoms with Gasteiger partial charge in [0.15, 0.2) is 0 Å². The van der Waals surface area contributed by atoms with Gasteiger partial charge in [0.2, 0.25) is 5.91 Å². The zero-order chi connectivity index (χ0) is 14.8. The highest BCUT2D eigenvalue weighted by Crippen LogP contribution is 2.32. The number of amides is 1. The van der Waals surface area contributed by atoms with Crippen LogP contribution in [0.25, 0.3) is 0 Å². The third kappa shape index (κ3) is 5.76. The molecule has 2 atom stereocenters. The first kappa shape index (κ1) is 21.8. The summed E-state index contributed by atoms with van der Waals surface area (Å²) in [4.78, 5) is 15.5. The van der Waals surface area contributed by atoms with E-state index in [0.29, 0.717) is 32.7 Å². The minimum absolute atomic E-state index is 0. The van der Waals surface area contributed by atoms with E-state index in [9.17, 15) is 18.0 Å². The van der Waals surface area contributed by atoms with Crippen LogP contribution in [-0.4, -0.2) is 61.2 Å². The van der Waals surface area contributed by atoms with Crippen LogP contribution < -0.4 is 5.73 Å². The molecule has 4 nitrogen and oxygen atoms in total. The van der Waals surface area contributed by atoms with E-state index in [1.807, 2.05) is 0 Å². The largest absolute Gasteiger partial charge is 0.401 e. The summed E-state index contributed by atoms with van der Waals surface area (Å²) in [5.74, 6) is 0.314. The molecule has 1 heterocycles. The average Bonchev–Trinajstić information content (AvgIpc) is 2.85. The molecule has 0 bridgehead atoms. The quantitative estimate of drug-likeness (QED) is 0.830. The lowest BCUT2D eigenvalue weighted by Gasteiger charge is -2.36. The van der Waals surface area contributed by atoms with Gasteiger partial charge in [0, 0.05) is 32.1 Å². The SMILES string of the molecule is Cl.Cl.NC[C@H]1CCC[C@H]1C(=O)N1CCN(CC(F)(F)F)CC1. The fraction of sp³-hybridized carbons (Fsp3) is 0.923. The number of carbonyl (C=O) groups is 1. The molecule has 2 rings (SSSR count). The van der Waals surface area contributed by atoms with Gasteiger partial charge in [0.05, 0.1) is 6.54 Å². The van der Waals surface area contributed by atoms with Gasteiger partial charge in [-0.1, -0.05) is 6.42 Å². The summed E-state index contributed by atoms with van der Waals surface area (Å²) in [5, 5.41) is 0. The second-order valence-electron chi connectivity index (χ2n) is 5.75. The Bertz CT molecular complexity index is 350. The lowest BCUT2D eigenvalue weighted by Crippen LogP contribution is -2.52. The lowest BCUT2D eigenvalue weighted by molar-refractivity contribution is -0.153. The number of halogens is 5. The first-order valence-electron chi connectivity index (χ1n) is 7.18. The Morgan fingerprint density at radius 3 is 2.18 bits per heavy atom. The van der Waals surface area contributed by atoms with Crippen LogP contribution in [0.3, 0.4) is 0 Å². The Morgan fingerprint density at radius 1 is 1.09 bits per heavy atom. The highest BCUT2D eigenvalue weighted by molar-refractivity contribution is 5.85. The molecular weight excluding hydrogens is 342 g/mol. The van der Waals surface area contributed by atoms with Crippen molar-refractivity contribution in [1.82, 2.24) is 9.80 Å². The molecule has 1 aliphatic carbocycles. The maximum Gasteiger partial charge on any atom is 0.401 e. The summed E-state index contributed by atoms with van der Waals surface area (Å²) in [7, 11) is 0. The molecule has 0 aromatic carbocycles. The van der Waals surface area contributed by atoms with Crippen LogP contribution in [0.2, 0.25) is 0 Å². The van der Waals surface area contributed by atoms with Gasteiger partial charge < -0.3 is 10.6 Å². The van der Waals surface area contributed by atoms with Crippen molar-refractivity contribution in [1.29, 1.82) is 0 Å². The highest BCUT2D eigenvalue weighted by atomic mass is 35.5. The van der Waals surface area contributed by atoms with Crippen LogP contribution in [0, 0.1) is 11.8 Å². The molecule has 2 N–H and O–H groups in total. The van der Waals surface area contributed by atoms with E-state index < -0.39 is 12.7 Å². The molecule has 22 heavy (non-hydrogen) atoms. The van der Waals surface area contributed by atoms with Gasteiger partial charge in [-0.3, -0.25) is 9.69 Å². The molecule has 0 radical (unpaired) electrons. The standard InChI is InChI=1S/C13H22F3N3O.2ClH/c14-13(15,16)9-18-4-6-19(7-5-18)12(20)11-3-1-2-10(11)8-17;;/h10-11H,1-9,17H2;2*1H/t10-,11-;;/m1../s1. The first-order valence-corrected chi connectivity index (χ1v) is 7.18. The Hall–Kier alpha value is -0.240. The van der Waals surface area contributed by atoms with Crippen LogP contribution in [0.15, 0.2) is 0 Å². The molecule has 2 fully saturated rings. The van der Waals surface area contributed by atoms with Crippen molar-refractivity contribution in [2.45, 2.75) is 25.4 Å². The number of piperazine rings is 1. The smallest absolute Gasteiger partial charge is 0.340 e. The molecule has 0 aromatic rings. The van der Waals surface area contributed by atoms with Crippen LogP contribution in [0.4, 0.5) is 13.2 Å². The second-order valence-corrected chi connectivity index (χ2v) is 5.75. The van der Waals surface area contributed by atoms with Gasteiger partial charge in [-0.2, -0.15) is 13.2 Å². The van der Waals surface area contributed by atoms with Crippen LogP contribution in [-0.2, 0) is 4.79 Å². The van der Waals surface area contributed by atoms with E-state index >= 15 is 0 Å². The lowest BCUT2D eigenvalue weighted by atomic mass is 9.94. The number of carbonyl (C=O) groups excluding carboxylic acids is 1. The van der Waals surface area contributed by atoms with Crippen molar-refractivity contribution in [3.8, 4) is 0 Å². The van der Waals surface area contributed by atoms with Gasteiger partial charge in [-0.25, -0.2) is 0 Å². The predicted octanol–water partition coefficient (Wildman–Crippen LogP) is 1.91. The maximum atomic E-state index is 12.4. The van der Waals surface area contributed by atoms with Crippen molar-refractivity contribution >= 4 is 30.7 Å². The number of hydrogen-bond acceptors (Lipinski definition) is 3. The number of alkyl halides is 3. The minimum Gasteiger partial charge on any atom is -0.340 e. The van der Waals surface area contributed by atoms with E-state index in [2.05, 4.69) is 0 Å². The van der Waals surface area contributed by atoms with E-state index in [1.54, 1.807) is 4.90 Å². The summed E-state index contributed by atoms with van der Waals surface area (Å²) in [6.07, 6.45) is -1.29. The van der Waals surface area contributed by atoms with E-state index in [-0.39, 0.29) is 42.6 Å². The van der Waals surface area contributed by atoms with Crippen molar-refractivity contribution in [3.05, 3.63) is 0 Å². The number of hydrogen-bond donors (Lipinski definition) is 1. The van der Waals surface area contributed by atoms with Gasteiger partial charge in [0.25, 0.3) is 0 Å². The zero-order valence-corrected chi connectivity index (χ0v) is 14.0. The Kier molecular flexibility index (Phi) is 9.05. The third-order valence-electron chi connectivity index (χ3n) is 4.37. The average molecular weight is 366 g/mol. The van der Waals surface area contributed by atoms with Crippen LogP contribution in [0.1, 0.15) is 19.3 Å². The Labute approximate surface area is 141 Å². The number of nitrogens with zero attached hydrogens (tertiary/aromatic N) is 2. The van der Waals surface area contributed by atoms with E-state index in [1.165, 1.54) is 4.90 Å². The topological polar surface area (TPSA) is 49.6 Å². The molecular formula is C13H24Cl2F3N3O. The predicted molar refractivity (Wildman–Crippen MR) is 83.5 cm³/mol. The van der Waals surface area contributed by atoms with Crippen LogP contribution >= 0.6 is 24.8 Å². The van der Waals surface area contributed by atoms with Gasteiger partial charge >= 0.3 is 6.18 Å². The summed E-state index contributed by atoms with van der Waals surface area (Å²) >= 11 is 0. The number of rotatable bonds is 3. The second kappa shape index (κ2) is 9.15. The van der Waals surface area contributed by atoms with Crippen molar-refractivity contribution < 1.29 is 18.0 Å². The van der Waals surface area contributed by atoms with Crippen molar-refractivity contribution in [2.75, 3.05) is 39.3 Å². The van der Waals surface area contributed by atoms with Gasteiger partial charge in [0.1, 0.15) is 0 Å². The van der Waals surface area contributed by atoms with Crippen LogP contribution in [0.5, 0.6) is 0 Å². The monoisotopic (exact) mass is 365 g/mol. The molecule has 1 amide bonds. The van der Waals surface area contributed by atoms with Gasteiger partial charge in [-0.15, -0.1) is 24.8 Å². The van der Waals surface area contributed by atoms with E-state index in [4.69, 9.17) is 5.73 Å². The summed E-state index contributed by atoms with van der Waals surface area (Å²) < 4.78 is 36.9. The Balaban J connectivity index is 0.00000220. The first-order chi connectivity index (χ1) is 9.40. The molecule has 1 saturated carbocycles. The summed E-state index contributed by atoms with van der Waals surface area (Å²) in [6, 6.07) is 0. The molecule has 2 aliphatic rings. The summed E-state index contributed by atoms with van der Waals surface area (Å²) in [5.41, 5.74) is 5.68. The fourth-order valence-corrected chi connectivity index (χ4v) is 3.26. The molecule has 0 spiro atoms. The minimum atomic E-state index is -4.16.